The van der Waals surface area contributed by atoms with Gasteiger partial charge in [0.05, 0.1) is 12.0 Å². The lowest BCUT2D eigenvalue weighted by Gasteiger charge is -2.31. The van der Waals surface area contributed by atoms with Gasteiger partial charge in [0.2, 0.25) is 0 Å². The summed E-state index contributed by atoms with van der Waals surface area (Å²) in [5.41, 5.74) is -1.00. The second kappa shape index (κ2) is 11.4. The van der Waals surface area contributed by atoms with Gasteiger partial charge in [0.1, 0.15) is 19.8 Å². The molecule has 0 saturated heterocycles. The van der Waals surface area contributed by atoms with Crippen molar-refractivity contribution in [1.29, 1.82) is 0 Å². The molecule has 0 atom stereocenters. The first-order chi connectivity index (χ1) is 10.9. The van der Waals surface area contributed by atoms with Crippen LogP contribution < -0.4 is 0 Å². The molecule has 130 valence electrons. The summed E-state index contributed by atoms with van der Waals surface area (Å²) < 4.78 is 20.3. The van der Waals surface area contributed by atoms with E-state index in [1.807, 2.05) is 6.92 Å². The van der Waals surface area contributed by atoms with Crippen molar-refractivity contribution in [2.45, 2.75) is 19.8 Å². The molecule has 23 heavy (non-hydrogen) atoms. The Bertz CT molecular complexity index is 404. The minimum absolute atomic E-state index is 0.0568. The second-order valence-corrected chi connectivity index (χ2v) is 4.97. The fourth-order valence-electron chi connectivity index (χ4n) is 1.63. The maximum Gasteiger partial charge on any atom is 0.330 e. The van der Waals surface area contributed by atoms with Gasteiger partial charge in [0, 0.05) is 25.7 Å². The lowest BCUT2D eigenvalue weighted by atomic mass is 9.92. The van der Waals surface area contributed by atoms with E-state index in [9.17, 15) is 14.4 Å². The number of rotatable bonds is 12. The third-order valence-electron chi connectivity index (χ3n) is 2.82. The van der Waals surface area contributed by atoms with Crippen LogP contribution in [0.5, 0.6) is 0 Å². The van der Waals surface area contributed by atoms with E-state index in [4.69, 9.17) is 18.9 Å². The summed E-state index contributed by atoms with van der Waals surface area (Å²) in [5.74, 6) is -1.67. The Morgan fingerprint density at radius 2 is 1.39 bits per heavy atom. The van der Waals surface area contributed by atoms with Crippen LogP contribution in [0.3, 0.4) is 0 Å². The highest BCUT2D eigenvalue weighted by Gasteiger charge is 2.36. The maximum absolute atomic E-state index is 11.6. The summed E-state index contributed by atoms with van der Waals surface area (Å²) in [6, 6.07) is 0. The molecular formula is C16H24O7. The molecule has 7 heteroatoms. The molecule has 0 aliphatic rings. The van der Waals surface area contributed by atoms with Crippen LogP contribution in [-0.4, -0.2) is 51.4 Å². The topological polar surface area (TPSA) is 88.1 Å². The number of esters is 3. The van der Waals surface area contributed by atoms with Crippen molar-refractivity contribution in [3.05, 3.63) is 25.3 Å². The molecule has 0 saturated carbocycles. The number of carbonyl (C=O) groups excluding carboxylic acids is 3. The van der Waals surface area contributed by atoms with Gasteiger partial charge < -0.3 is 18.9 Å². The van der Waals surface area contributed by atoms with E-state index in [-0.39, 0.29) is 32.8 Å². The van der Waals surface area contributed by atoms with Crippen molar-refractivity contribution in [2.24, 2.45) is 5.41 Å². The van der Waals surface area contributed by atoms with Gasteiger partial charge in [0.15, 0.2) is 0 Å². The fraction of sp³-hybridized carbons (Fsp3) is 0.562. The van der Waals surface area contributed by atoms with Gasteiger partial charge in [0.25, 0.3) is 0 Å². The lowest BCUT2D eigenvalue weighted by Crippen LogP contribution is -2.43. The van der Waals surface area contributed by atoms with Crippen LogP contribution in [0, 0.1) is 5.41 Å². The van der Waals surface area contributed by atoms with E-state index in [1.165, 1.54) is 7.11 Å². The molecule has 0 radical (unpaired) electrons. The van der Waals surface area contributed by atoms with Gasteiger partial charge in [-0.25, -0.2) is 9.59 Å². The molecule has 0 spiro atoms. The number of hydrogen-bond donors (Lipinski definition) is 0. The average Bonchev–Trinajstić information content (AvgIpc) is 2.55. The summed E-state index contributed by atoms with van der Waals surface area (Å²) in [7, 11) is 1.44. The zero-order valence-electron chi connectivity index (χ0n) is 13.7. The molecule has 7 nitrogen and oxygen atoms in total. The Hall–Kier alpha value is -2.15. The Balaban J connectivity index is 5.00. The molecule has 0 amide bonds. The fourth-order valence-corrected chi connectivity index (χ4v) is 1.63. The molecule has 0 aromatic rings. The van der Waals surface area contributed by atoms with Crippen molar-refractivity contribution >= 4 is 17.9 Å². The van der Waals surface area contributed by atoms with Gasteiger partial charge >= 0.3 is 17.9 Å². The van der Waals surface area contributed by atoms with E-state index >= 15 is 0 Å². The first kappa shape index (κ1) is 20.9. The molecule has 0 heterocycles. The van der Waals surface area contributed by atoms with Crippen molar-refractivity contribution in [3.63, 3.8) is 0 Å². The van der Waals surface area contributed by atoms with Crippen LogP contribution in [0.1, 0.15) is 19.8 Å². The highest BCUT2D eigenvalue weighted by Crippen LogP contribution is 2.21. The molecule has 0 aromatic carbocycles. The average molecular weight is 328 g/mol. The lowest BCUT2D eigenvalue weighted by molar-refractivity contribution is -0.162. The summed E-state index contributed by atoms with van der Waals surface area (Å²) in [6.45, 7) is 8.08. The normalized spacial score (nSPS) is 10.5. The largest absolute Gasteiger partial charge is 0.465 e. The number of hydrogen-bond acceptors (Lipinski definition) is 7. The molecule has 0 aromatic heterocycles. The maximum atomic E-state index is 11.6. The van der Waals surface area contributed by atoms with Gasteiger partial charge in [-0.05, 0) is 6.42 Å². The van der Waals surface area contributed by atoms with Crippen molar-refractivity contribution < 1.29 is 33.3 Å². The van der Waals surface area contributed by atoms with E-state index in [0.717, 1.165) is 12.2 Å². The molecule has 0 fully saturated rings. The van der Waals surface area contributed by atoms with Crippen LogP contribution in [0.25, 0.3) is 0 Å². The smallest absolute Gasteiger partial charge is 0.330 e. The molecular weight excluding hydrogens is 304 g/mol. The van der Waals surface area contributed by atoms with Crippen LogP contribution in [0.2, 0.25) is 0 Å². The zero-order valence-corrected chi connectivity index (χ0v) is 13.7. The van der Waals surface area contributed by atoms with Gasteiger partial charge in [-0.15, -0.1) is 0 Å². The molecule has 0 rings (SSSR count). The Morgan fingerprint density at radius 1 is 0.913 bits per heavy atom. The third kappa shape index (κ3) is 8.77. The highest BCUT2D eigenvalue weighted by molar-refractivity contribution is 5.81. The summed E-state index contributed by atoms with van der Waals surface area (Å²) in [5, 5.41) is 0. The standard InChI is InChI=1S/C16H24O7/c1-5-8-15(19)23-12-16(9-20-4,10-21-13(17)6-2)11-22-14(18)7-3/h6-7H,2-3,5,8-12H2,1,4H3. The molecule has 0 bridgehead atoms. The Labute approximate surface area is 136 Å². The van der Waals surface area contributed by atoms with Gasteiger partial charge in [-0.1, -0.05) is 20.1 Å². The summed E-state index contributed by atoms with van der Waals surface area (Å²) in [6.07, 6.45) is 2.93. The van der Waals surface area contributed by atoms with Crippen molar-refractivity contribution in [3.8, 4) is 0 Å². The minimum Gasteiger partial charge on any atom is -0.465 e. The van der Waals surface area contributed by atoms with Gasteiger partial charge in [-0.3, -0.25) is 4.79 Å². The Morgan fingerprint density at radius 3 is 1.78 bits per heavy atom. The first-order valence-electron chi connectivity index (χ1n) is 7.16. The van der Waals surface area contributed by atoms with E-state index in [2.05, 4.69) is 13.2 Å². The predicted molar refractivity (Wildman–Crippen MR) is 82.5 cm³/mol. The first-order valence-corrected chi connectivity index (χ1v) is 7.16. The zero-order chi connectivity index (χ0) is 17.7. The summed E-state index contributed by atoms with van der Waals surface area (Å²) in [4.78, 5) is 34.1. The van der Waals surface area contributed by atoms with E-state index < -0.39 is 23.3 Å². The van der Waals surface area contributed by atoms with Gasteiger partial charge in [-0.2, -0.15) is 0 Å². The molecule has 0 unspecified atom stereocenters. The number of carbonyl (C=O) groups is 3. The SMILES string of the molecule is C=CC(=O)OCC(COC)(COC(=O)C=C)COC(=O)CCC. The quantitative estimate of drug-likeness (QED) is 0.304. The van der Waals surface area contributed by atoms with Crippen molar-refractivity contribution in [2.75, 3.05) is 33.5 Å². The van der Waals surface area contributed by atoms with Crippen LogP contribution in [0.15, 0.2) is 25.3 Å². The van der Waals surface area contributed by atoms with Crippen LogP contribution in [0.4, 0.5) is 0 Å². The summed E-state index contributed by atoms with van der Waals surface area (Å²) >= 11 is 0. The van der Waals surface area contributed by atoms with Crippen LogP contribution >= 0.6 is 0 Å². The predicted octanol–water partition coefficient (Wildman–Crippen LogP) is 1.42. The Kier molecular flexibility index (Phi) is 10.4. The molecule has 0 aliphatic carbocycles. The number of ether oxygens (including phenoxy) is 4. The second-order valence-electron chi connectivity index (χ2n) is 4.97. The molecule has 0 aliphatic heterocycles. The minimum atomic E-state index is -1.00. The van der Waals surface area contributed by atoms with E-state index in [0.29, 0.717) is 6.42 Å². The van der Waals surface area contributed by atoms with E-state index in [1.54, 1.807) is 0 Å². The molecule has 0 N–H and O–H groups in total. The monoisotopic (exact) mass is 328 g/mol. The highest BCUT2D eigenvalue weighted by atomic mass is 16.6. The third-order valence-corrected chi connectivity index (χ3v) is 2.82. The van der Waals surface area contributed by atoms with Crippen LogP contribution in [-0.2, 0) is 33.3 Å². The van der Waals surface area contributed by atoms with Crippen molar-refractivity contribution in [1.82, 2.24) is 0 Å². The number of methoxy groups -OCH3 is 1.